The summed E-state index contributed by atoms with van der Waals surface area (Å²) < 4.78 is 25.5. The lowest BCUT2D eigenvalue weighted by Crippen LogP contribution is -2.22. The average Bonchev–Trinajstić information content (AvgIpc) is 2.17. The third-order valence-corrected chi connectivity index (χ3v) is 3.10. The maximum Gasteiger partial charge on any atom is 0.474 e. The van der Waals surface area contributed by atoms with Crippen LogP contribution in [0.25, 0.3) is 0 Å². The minimum atomic E-state index is -3.27. The molecule has 0 fully saturated rings. The first-order valence-electron chi connectivity index (χ1n) is 4.12. The highest BCUT2D eigenvalue weighted by Gasteiger charge is 2.21. The molecule has 0 unspecified atom stereocenters. The first-order chi connectivity index (χ1) is 6.08. The van der Waals surface area contributed by atoms with E-state index in [-0.39, 0.29) is 0 Å². The molecular weight excluding hydrogens is 193 g/mol. The number of likely N-dealkylation sites (N-methyl/N-ethyl adjacent to an activating group) is 1. The summed E-state index contributed by atoms with van der Waals surface area (Å²) in [6, 6.07) is 0. The van der Waals surface area contributed by atoms with E-state index in [1.807, 2.05) is 18.9 Å². The van der Waals surface area contributed by atoms with Crippen molar-refractivity contribution in [3.05, 3.63) is 0 Å². The highest BCUT2D eigenvalue weighted by atomic mass is 31.2. The van der Waals surface area contributed by atoms with Crippen molar-refractivity contribution in [2.24, 2.45) is 0 Å². The standard InChI is InChI=1S/C7H18NO4P/c1-5-8(2)6-7-12-13(9,10-3)11-4/h5-7H2,1-4H3. The second-order valence-corrected chi connectivity index (χ2v) is 4.42. The molecule has 0 N–H and O–H groups in total. The Morgan fingerprint density at radius 1 is 1.31 bits per heavy atom. The maximum absolute atomic E-state index is 11.3. The molecule has 6 heteroatoms. The minimum Gasteiger partial charge on any atom is -0.304 e. The number of phosphoric acid groups is 1. The summed E-state index contributed by atoms with van der Waals surface area (Å²) in [5.41, 5.74) is 0. The van der Waals surface area contributed by atoms with E-state index >= 15 is 0 Å². The van der Waals surface area contributed by atoms with Crippen molar-refractivity contribution in [2.75, 3.05) is 41.0 Å². The quantitative estimate of drug-likeness (QED) is 0.595. The van der Waals surface area contributed by atoms with Gasteiger partial charge in [0.2, 0.25) is 0 Å². The largest absolute Gasteiger partial charge is 0.474 e. The lowest BCUT2D eigenvalue weighted by molar-refractivity contribution is 0.139. The number of hydrogen-bond donors (Lipinski definition) is 0. The Kier molecular flexibility index (Phi) is 6.55. The Morgan fingerprint density at radius 3 is 2.23 bits per heavy atom. The van der Waals surface area contributed by atoms with E-state index in [1.54, 1.807) is 0 Å². The summed E-state index contributed by atoms with van der Waals surface area (Å²) in [6.07, 6.45) is 0. The Hall–Kier alpha value is 0.0700. The van der Waals surface area contributed by atoms with E-state index in [0.29, 0.717) is 13.2 Å². The van der Waals surface area contributed by atoms with Gasteiger partial charge in [0, 0.05) is 20.8 Å². The molecule has 5 nitrogen and oxygen atoms in total. The zero-order valence-electron chi connectivity index (χ0n) is 8.65. The molecule has 0 saturated carbocycles. The fourth-order valence-corrected chi connectivity index (χ4v) is 1.31. The van der Waals surface area contributed by atoms with Crippen molar-refractivity contribution in [1.82, 2.24) is 4.90 Å². The van der Waals surface area contributed by atoms with Crippen LogP contribution in [0.2, 0.25) is 0 Å². The van der Waals surface area contributed by atoms with Crippen LogP contribution in [0.1, 0.15) is 6.92 Å². The van der Waals surface area contributed by atoms with E-state index in [0.717, 1.165) is 6.54 Å². The Bertz CT molecular complexity index is 168. The summed E-state index contributed by atoms with van der Waals surface area (Å²) in [7, 11) is 1.28. The average molecular weight is 211 g/mol. The zero-order chi connectivity index (χ0) is 10.3. The third-order valence-electron chi connectivity index (χ3n) is 1.71. The molecule has 0 saturated heterocycles. The normalized spacial score (nSPS) is 12.4. The van der Waals surface area contributed by atoms with Crippen LogP contribution < -0.4 is 0 Å². The van der Waals surface area contributed by atoms with Crippen LogP contribution in [0.5, 0.6) is 0 Å². The van der Waals surface area contributed by atoms with Crippen molar-refractivity contribution < 1.29 is 18.1 Å². The number of hydrogen-bond acceptors (Lipinski definition) is 5. The minimum absolute atomic E-state index is 0.337. The monoisotopic (exact) mass is 211 g/mol. The van der Waals surface area contributed by atoms with Crippen molar-refractivity contribution in [2.45, 2.75) is 6.92 Å². The van der Waals surface area contributed by atoms with Crippen LogP contribution >= 0.6 is 7.82 Å². The molecule has 0 heterocycles. The molecule has 0 spiro atoms. The molecule has 0 aliphatic heterocycles. The second-order valence-electron chi connectivity index (χ2n) is 2.54. The highest BCUT2D eigenvalue weighted by molar-refractivity contribution is 7.48. The van der Waals surface area contributed by atoms with Gasteiger partial charge in [-0.05, 0) is 13.6 Å². The van der Waals surface area contributed by atoms with Gasteiger partial charge in [0.15, 0.2) is 0 Å². The molecule has 0 aromatic heterocycles. The molecule has 0 aliphatic carbocycles. The van der Waals surface area contributed by atoms with Crippen molar-refractivity contribution in [3.8, 4) is 0 Å². The van der Waals surface area contributed by atoms with Gasteiger partial charge >= 0.3 is 7.82 Å². The first kappa shape index (κ1) is 13.1. The predicted octanol–water partition coefficient (Wildman–Crippen LogP) is 1.36. The molecule has 0 atom stereocenters. The molecule has 80 valence electrons. The van der Waals surface area contributed by atoms with E-state index < -0.39 is 7.82 Å². The van der Waals surface area contributed by atoms with E-state index in [4.69, 9.17) is 4.52 Å². The molecule has 0 bridgehead atoms. The Morgan fingerprint density at radius 2 is 1.85 bits per heavy atom. The van der Waals surface area contributed by atoms with Crippen molar-refractivity contribution in [3.63, 3.8) is 0 Å². The predicted molar refractivity (Wildman–Crippen MR) is 50.7 cm³/mol. The molecule has 0 aromatic carbocycles. The van der Waals surface area contributed by atoms with Gasteiger partial charge in [-0.1, -0.05) is 6.92 Å². The molecule has 0 radical (unpaired) electrons. The second kappa shape index (κ2) is 6.51. The summed E-state index contributed by atoms with van der Waals surface area (Å²) in [5.74, 6) is 0. The van der Waals surface area contributed by atoms with E-state index in [1.165, 1.54) is 14.2 Å². The van der Waals surface area contributed by atoms with Gasteiger partial charge in [0.25, 0.3) is 0 Å². The fraction of sp³-hybridized carbons (Fsp3) is 1.00. The van der Waals surface area contributed by atoms with E-state index in [9.17, 15) is 4.57 Å². The van der Waals surface area contributed by atoms with Gasteiger partial charge in [-0.15, -0.1) is 0 Å². The topological polar surface area (TPSA) is 48.0 Å². The maximum atomic E-state index is 11.3. The van der Waals surface area contributed by atoms with Crippen LogP contribution in [0, 0.1) is 0 Å². The Balaban J connectivity index is 3.68. The van der Waals surface area contributed by atoms with Gasteiger partial charge in [0.05, 0.1) is 6.61 Å². The van der Waals surface area contributed by atoms with E-state index in [2.05, 4.69) is 9.05 Å². The summed E-state index contributed by atoms with van der Waals surface area (Å²) in [4.78, 5) is 2.04. The molecular formula is C7H18NO4P. The molecule has 0 rings (SSSR count). The zero-order valence-corrected chi connectivity index (χ0v) is 9.54. The van der Waals surface area contributed by atoms with Gasteiger partial charge in [-0.3, -0.25) is 13.6 Å². The lowest BCUT2D eigenvalue weighted by atomic mass is 10.6. The van der Waals surface area contributed by atoms with Crippen LogP contribution in [-0.2, 0) is 18.1 Å². The highest BCUT2D eigenvalue weighted by Crippen LogP contribution is 2.47. The summed E-state index contributed by atoms with van der Waals surface area (Å²) in [5, 5.41) is 0. The van der Waals surface area contributed by atoms with Gasteiger partial charge < -0.3 is 4.90 Å². The SMILES string of the molecule is CCN(C)CCOP(=O)(OC)OC. The third kappa shape index (κ3) is 5.39. The van der Waals surface area contributed by atoms with Crippen LogP contribution in [0.4, 0.5) is 0 Å². The van der Waals surface area contributed by atoms with Gasteiger partial charge in [-0.2, -0.15) is 0 Å². The molecule has 0 amide bonds. The lowest BCUT2D eigenvalue weighted by Gasteiger charge is -2.16. The van der Waals surface area contributed by atoms with Gasteiger partial charge in [-0.25, -0.2) is 4.57 Å². The summed E-state index contributed by atoms with van der Waals surface area (Å²) >= 11 is 0. The Labute approximate surface area is 79.6 Å². The number of phosphoric ester groups is 1. The molecule has 0 aromatic rings. The number of nitrogens with zero attached hydrogens (tertiary/aromatic N) is 1. The smallest absolute Gasteiger partial charge is 0.304 e. The first-order valence-corrected chi connectivity index (χ1v) is 5.58. The van der Waals surface area contributed by atoms with Crippen LogP contribution in [0.3, 0.4) is 0 Å². The number of rotatable bonds is 7. The van der Waals surface area contributed by atoms with Crippen molar-refractivity contribution >= 4 is 7.82 Å². The summed E-state index contributed by atoms with van der Waals surface area (Å²) in [6.45, 7) is 4.00. The van der Waals surface area contributed by atoms with Crippen LogP contribution in [-0.4, -0.2) is 45.9 Å². The van der Waals surface area contributed by atoms with Crippen LogP contribution in [0.15, 0.2) is 0 Å². The van der Waals surface area contributed by atoms with Gasteiger partial charge in [0.1, 0.15) is 0 Å². The fourth-order valence-electron chi connectivity index (χ4n) is 0.647. The molecule has 0 aliphatic rings. The molecule has 13 heavy (non-hydrogen) atoms. The van der Waals surface area contributed by atoms with Crippen molar-refractivity contribution in [1.29, 1.82) is 0 Å².